The minimum Gasteiger partial charge on any atom is -0.543 e. The van der Waals surface area contributed by atoms with Crippen LogP contribution in [-0.4, -0.2) is 24.0 Å². The molecule has 2 aromatic rings. The zero-order valence-corrected chi connectivity index (χ0v) is 13.3. The number of nitrogens with zero attached hydrogens (tertiary/aromatic N) is 3. The molecule has 0 fully saturated rings. The van der Waals surface area contributed by atoms with Gasteiger partial charge in [-0.25, -0.2) is 15.0 Å². The lowest BCUT2D eigenvalue weighted by Crippen LogP contribution is -2.29. The summed E-state index contributed by atoms with van der Waals surface area (Å²) in [7, 11) is -1.65. The van der Waals surface area contributed by atoms with Gasteiger partial charge in [-0.15, -0.1) is 0 Å². The summed E-state index contributed by atoms with van der Waals surface area (Å²) in [5, 5.41) is 0. The summed E-state index contributed by atoms with van der Waals surface area (Å²) < 4.78 is 6.07. The lowest BCUT2D eigenvalue weighted by molar-refractivity contribution is 0.559. The first-order valence-corrected chi connectivity index (χ1v) is 9.96. The highest BCUT2D eigenvalue weighted by atomic mass is 28.4. The molecule has 0 amide bonds. The topological polar surface area (TPSA) is 47.4 Å². The maximum atomic E-state index is 6.07. The summed E-state index contributed by atoms with van der Waals surface area (Å²) in [6, 6.07) is 9.70. The standard InChI is InChI=1S/C15H19N3OSi/c1-12(13-9-10-16-11-17-13)18-14-7-5-6-8-15(14)19-20(2,3)4/h5-11H,1-4H3. The van der Waals surface area contributed by atoms with Gasteiger partial charge < -0.3 is 4.43 Å². The normalized spacial score (nSPS) is 12.3. The molecule has 4 nitrogen and oxygen atoms in total. The molecule has 20 heavy (non-hydrogen) atoms. The average Bonchev–Trinajstić information content (AvgIpc) is 2.40. The van der Waals surface area contributed by atoms with E-state index in [-0.39, 0.29) is 0 Å². The highest BCUT2D eigenvalue weighted by Crippen LogP contribution is 2.29. The van der Waals surface area contributed by atoms with Crippen molar-refractivity contribution in [3.63, 3.8) is 0 Å². The van der Waals surface area contributed by atoms with E-state index in [4.69, 9.17) is 4.43 Å². The Morgan fingerprint density at radius 3 is 2.55 bits per heavy atom. The molecule has 0 bridgehead atoms. The Balaban J connectivity index is 2.34. The van der Waals surface area contributed by atoms with Crippen LogP contribution in [0, 0.1) is 0 Å². The van der Waals surface area contributed by atoms with Crippen molar-refractivity contribution in [2.45, 2.75) is 26.6 Å². The van der Waals surface area contributed by atoms with Crippen molar-refractivity contribution >= 4 is 19.7 Å². The third-order valence-corrected chi connectivity index (χ3v) is 3.35. The Morgan fingerprint density at radius 2 is 1.90 bits per heavy atom. The van der Waals surface area contributed by atoms with Crippen LogP contribution >= 0.6 is 0 Å². The Hall–Kier alpha value is -2.01. The minimum atomic E-state index is -1.65. The van der Waals surface area contributed by atoms with Crippen LogP contribution in [0.25, 0.3) is 0 Å². The molecule has 0 aliphatic rings. The molecule has 5 heteroatoms. The SMILES string of the molecule is CC(=Nc1ccccc1O[Si](C)(C)C)c1ccncn1. The maximum absolute atomic E-state index is 6.07. The second-order valence-corrected chi connectivity index (χ2v) is 9.90. The van der Waals surface area contributed by atoms with Crippen molar-refractivity contribution in [3.8, 4) is 5.75 Å². The quantitative estimate of drug-likeness (QED) is 0.633. The molecule has 2 rings (SSSR count). The number of rotatable bonds is 4. The van der Waals surface area contributed by atoms with Crippen LogP contribution in [0.15, 0.2) is 47.8 Å². The van der Waals surface area contributed by atoms with Crippen LogP contribution in [0.3, 0.4) is 0 Å². The van der Waals surface area contributed by atoms with Gasteiger partial charge in [0.25, 0.3) is 0 Å². The molecule has 1 heterocycles. The van der Waals surface area contributed by atoms with E-state index in [0.717, 1.165) is 22.8 Å². The van der Waals surface area contributed by atoms with Gasteiger partial charge in [0.1, 0.15) is 17.8 Å². The molecule has 104 valence electrons. The van der Waals surface area contributed by atoms with Crippen molar-refractivity contribution in [2.75, 3.05) is 0 Å². The van der Waals surface area contributed by atoms with E-state index in [9.17, 15) is 0 Å². The molecule has 0 unspecified atom stereocenters. The van der Waals surface area contributed by atoms with Gasteiger partial charge in [0.2, 0.25) is 8.32 Å². The van der Waals surface area contributed by atoms with E-state index in [0.29, 0.717) is 0 Å². The highest BCUT2D eigenvalue weighted by Gasteiger charge is 2.18. The molecular weight excluding hydrogens is 266 g/mol. The maximum Gasteiger partial charge on any atom is 0.242 e. The fraction of sp³-hybridized carbons (Fsp3) is 0.267. The second kappa shape index (κ2) is 5.96. The Labute approximate surface area is 120 Å². The smallest absolute Gasteiger partial charge is 0.242 e. The lowest BCUT2D eigenvalue weighted by atomic mass is 10.2. The van der Waals surface area contributed by atoms with Crippen LogP contribution < -0.4 is 4.43 Å². The van der Waals surface area contributed by atoms with Gasteiger partial charge in [0, 0.05) is 6.20 Å². The summed E-state index contributed by atoms with van der Waals surface area (Å²) in [5.74, 6) is 0.833. The predicted molar refractivity (Wildman–Crippen MR) is 84.3 cm³/mol. The molecule has 0 aliphatic heterocycles. The summed E-state index contributed by atoms with van der Waals surface area (Å²) in [6.07, 6.45) is 3.24. The molecule has 0 radical (unpaired) electrons. The van der Waals surface area contributed by atoms with Gasteiger partial charge in [-0.3, -0.25) is 0 Å². The van der Waals surface area contributed by atoms with Gasteiger partial charge in [0.05, 0.1) is 11.4 Å². The van der Waals surface area contributed by atoms with E-state index < -0.39 is 8.32 Å². The first-order chi connectivity index (χ1) is 9.46. The Bertz CT molecular complexity index is 606. The summed E-state index contributed by atoms with van der Waals surface area (Å²) in [5.41, 5.74) is 2.51. The van der Waals surface area contributed by atoms with Gasteiger partial charge in [-0.05, 0) is 44.8 Å². The van der Waals surface area contributed by atoms with Crippen molar-refractivity contribution in [2.24, 2.45) is 4.99 Å². The molecule has 0 saturated carbocycles. The highest BCUT2D eigenvalue weighted by molar-refractivity contribution is 6.70. The first-order valence-electron chi connectivity index (χ1n) is 6.55. The summed E-state index contributed by atoms with van der Waals surface area (Å²) in [6.45, 7) is 8.41. The van der Waals surface area contributed by atoms with Crippen molar-refractivity contribution in [3.05, 3.63) is 48.5 Å². The van der Waals surface area contributed by atoms with Crippen LogP contribution in [-0.2, 0) is 0 Å². The average molecular weight is 285 g/mol. The van der Waals surface area contributed by atoms with Crippen molar-refractivity contribution in [1.29, 1.82) is 0 Å². The number of benzene rings is 1. The molecule has 1 aromatic heterocycles. The number of hydrogen-bond acceptors (Lipinski definition) is 4. The Morgan fingerprint density at radius 1 is 1.15 bits per heavy atom. The molecular formula is C15H19N3OSi. The number of hydrogen-bond donors (Lipinski definition) is 0. The van der Waals surface area contributed by atoms with Gasteiger partial charge in [0.15, 0.2) is 0 Å². The fourth-order valence-corrected chi connectivity index (χ4v) is 2.54. The third kappa shape index (κ3) is 3.99. The van der Waals surface area contributed by atoms with Gasteiger partial charge in [-0.2, -0.15) is 0 Å². The van der Waals surface area contributed by atoms with Gasteiger partial charge >= 0.3 is 0 Å². The van der Waals surface area contributed by atoms with Crippen LogP contribution in [0.5, 0.6) is 5.75 Å². The van der Waals surface area contributed by atoms with Crippen LogP contribution in [0.2, 0.25) is 19.6 Å². The number of para-hydroxylation sites is 2. The second-order valence-electron chi connectivity index (χ2n) is 5.47. The van der Waals surface area contributed by atoms with Crippen molar-refractivity contribution in [1.82, 2.24) is 9.97 Å². The predicted octanol–water partition coefficient (Wildman–Crippen LogP) is 3.83. The fourth-order valence-electron chi connectivity index (χ4n) is 1.71. The number of aromatic nitrogens is 2. The molecule has 1 aromatic carbocycles. The van der Waals surface area contributed by atoms with E-state index in [1.807, 2.05) is 37.3 Å². The van der Waals surface area contributed by atoms with E-state index in [1.54, 1.807) is 6.20 Å². The molecule has 0 atom stereocenters. The first kappa shape index (κ1) is 14.4. The molecule has 0 saturated heterocycles. The van der Waals surface area contributed by atoms with E-state index >= 15 is 0 Å². The van der Waals surface area contributed by atoms with E-state index in [2.05, 4.69) is 34.6 Å². The zero-order valence-electron chi connectivity index (χ0n) is 12.3. The summed E-state index contributed by atoms with van der Waals surface area (Å²) >= 11 is 0. The van der Waals surface area contributed by atoms with Crippen LogP contribution in [0.4, 0.5) is 5.69 Å². The largest absolute Gasteiger partial charge is 0.543 e. The monoisotopic (exact) mass is 285 g/mol. The van der Waals surface area contributed by atoms with Gasteiger partial charge in [-0.1, -0.05) is 12.1 Å². The Kier molecular flexibility index (Phi) is 4.29. The lowest BCUT2D eigenvalue weighted by Gasteiger charge is -2.20. The molecule has 0 N–H and O–H groups in total. The summed E-state index contributed by atoms with van der Waals surface area (Å²) in [4.78, 5) is 12.8. The molecule has 0 aliphatic carbocycles. The molecule has 0 spiro atoms. The van der Waals surface area contributed by atoms with Crippen molar-refractivity contribution < 1.29 is 4.43 Å². The van der Waals surface area contributed by atoms with Crippen LogP contribution in [0.1, 0.15) is 12.6 Å². The van der Waals surface area contributed by atoms with E-state index in [1.165, 1.54) is 6.33 Å². The third-order valence-electron chi connectivity index (χ3n) is 2.52. The zero-order chi connectivity index (χ0) is 14.6. The minimum absolute atomic E-state index is 0.822. The number of aliphatic imine (C=N–C) groups is 1.